The number of piperidine rings is 1. The van der Waals surface area contributed by atoms with Crippen molar-refractivity contribution in [1.82, 2.24) is 30.0 Å². The van der Waals surface area contributed by atoms with Crippen LogP contribution in [-0.2, 0) is 16.1 Å². The molecule has 2 aromatic heterocycles. The van der Waals surface area contributed by atoms with Crippen molar-refractivity contribution in [2.45, 2.75) is 51.8 Å². The van der Waals surface area contributed by atoms with E-state index in [-0.39, 0.29) is 24.5 Å². The van der Waals surface area contributed by atoms with Gasteiger partial charge in [0.15, 0.2) is 0 Å². The average molecular weight is 593 g/mol. The van der Waals surface area contributed by atoms with Crippen LogP contribution in [-0.4, -0.2) is 62.2 Å². The second-order valence-electron chi connectivity index (χ2n) is 10.9. The van der Waals surface area contributed by atoms with Gasteiger partial charge in [-0.15, -0.1) is 0 Å². The van der Waals surface area contributed by atoms with E-state index in [0.717, 1.165) is 54.0 Å². The summed E-state index contributed by atoms with van der Waals surface area (Å²) in [6.45, 7) is 5.94. The van der Waals surface area contributed by atoms with Crippen molar-refractivity contribution in [3.05, 3.63) is 89.9 Å². The molecule has 1 saturated heterocycles. The number of nitrogens with one attached hydrogen (secondary N) is 2. The Bertz CT molecular complexity index is 1610. The van der Waals surface area contributed by atoms with Crippen molar-refractivity contribution in [1.29, 1.82) is 5.26 Å². The number of esters is 1. The topological polar surface area (TPSA) is 138 Å². The molecule has 1 fully saturated rings. The van der Waals surface area contributed by atoms with Crippen LogP contribution in [0.25, 0.3) is 11.3 Å². The van der Waals surface area contributed by atoms with E-state index in [9.17, 15) is 9.59 Å². The highest BCUT2D eigenvalue weighted by Gasteiger charge is 2.23. The van der Waals surface area contributed by atoms with Gasteiger partial charge in [-0.2, -0.15) is 10.4 Å². The Kier molecular flexibility index (Phi) is 9.94. The molecule has 44 heavy (non-hydrogen) atoms. The third kappa shape index (κ3) is 7.85. The quantitative estimate of drug-likeness (QED) is 0.235. The van der Waals surface area contributed by atoms with Crippen LogP contribution in [0.2, 0.25) is 0 Å². The molecular formula is C33H36N8O3. The summed E-state index contributed by atoms with van der Waals surface area (Å²) in [4.78, 5) is 36.1. The predicted molar refractivity (Wildman–Crippen MR) is 166 cm³/mol. The van der Waals surface area contributed by atoms with Gasteiger partial charge in [0.2, 0.25) is 5.95 Å². The number of benzene rings is 2. The molecule has 1 aliphatic heterocycles. The van der Waals surface area contributed by atoms with E-state index in [0.29, 0.717) is 24.5 Å². The summed E-state index contributed by atoms with van der Waals surface area (Å²) in [5, 5.41) is 19.7. The van der Waals surface area contributed by atoms with Crippen LogP contribution in [0.4, 0.5) is 11.6 Å². The first kappa shape index (κ1) is 30.4. The number of ether oxygens (including phenoxy) is 1. The molecule has 0 radical (unpaired) electrons. The lowest BCUT2D eigenvalue weighted by molar-refractivity contribution is -0.146. The van der Waals surface area contributed by atoms with E-state index < -0.39 is 6.04 Å². The number of likely N-dealkylation sites (tertiary alicyclic amines) is 1. The molecule has 0 spiro atoms. The molecule has 1 atom stereocenters. The number of hydrogen-bond donors (Lipinski definition) is 2. The van der Waals surface area contributed by atoms with Gasteiger partial charge < -0.3 is 15.4 Å². The molecule has 1 aliphatic rings. The van der Waals surface area contributed by atoms with Gasteiger partial charge >= 0.3 is 5.97 Å². The zero-order chi connectivity index (χ0) is 30.9. The van der Waals surface area contributed by atoms with Crippen LogP contribution in [0.1, 0.15) is 53.7 Å². The van der Waals surface area contributed by atoms with Crippen LogP contribution >= 0.6 is 0 Å². The maximum atomic E-state index is 12.5. The first-order valence-corrected chi connectivity index (χ1v) is 14.8. The molecule has 1 amide bonds. The summed E-state index contributed by atoms with van der Waals surface area (Å²) in [6.07, 6.45) is 7.77. The number of aryl methyl sites for hydroxylation is 1. The molecule has 2 aromatic carbocycles. The number of carbonyl (C=O) groups excluding carboxylic acids is 2. The smallest absolute Gasteiger partial charge is 0.320 e. The summed E-state index contributed by atoms with van der Waals surface area (Å²) >= 11 is 0. The minimum Gasteiger partial charge on any atom is -0.460 e. The van der Waals surface area contributed by atoms with Gasteiger partial charge in [0.05, 0.1) is 36.2 Å². The molecule has 0 saturated carbocycles. The number of anilines is 2. The maximum absolute atomic E-state index is 12.5. The molecule has 0 bridgehead atoms. The molecule has 11 heteroatoms. The van der Waals surface area contributed by atoms with Gasteiger partial charge in [-0.1, -0.05) is 49.4 Å². The first-order valence-electron chi connectivity index (χ1n) is 14.8. The van der Waals surface area contributed by atoms with Gasteiger partial charge in [-0.25, -0.2) is 9.97 Å². The average Bonchev–Trinajstić information content (AvgIpc) is 3.52. The Morgan fingerprint density at radius 2 is 1.84 bits per heavy atom. The van der Waals surface area contributed by atoms with E-state index in [4.69, 9.17) is 15.0 Å². The zero-order valence-electron chi connectivity index (χ0n) is 24.9. The maximum Gasteiger partial charge on any atom is 0.320 e. The van der Waals surface area contributed by atoms with Crippen molar-refractivity contribution in [3.63, 3.8) is 0 Å². The zero-order valence-corrected chi connectivity index (χ0v) is 24.9. The standard InChI is InChI=1S/C33H36N8O3/c1-3-27(17-34)37-32(43)26-11-9-25(10-12-26)31-23(2)18-35-33(39-31)38-28-19-36-41(20-28)29-13-15-40(16-14-29)21-30(42)44-22-24-7-5-4-6-8-24/h4-12,18-20,27,29H,3,13-16,21-22H2,1-2H3,(H,37,43)(H,35,38,39)/t27-/m0/s1. The fourth-order valence-corrected chi connectivity index (χ4v) is 5.08. The van der Waals surface area contributed by atoms with E-state index in [2.05, 4.69) is 31.7 Å². The highest BCUT2D eigenvalue weighted by atomic mass is 16.5. The van der Waals surface area contributed by atoms with Gasteiger partial charge in [0.1, 0.15) is 12.6 Å². The van der Waals surface area contributed by atoms with E-state index in [1.807, 2.05) is 67.2 Å². The van der Waals surface area contributed by atoms with Crippen LogP contribution in [0, 0.1) is 18.3 Å². The molecule has 11 nitrogen and oxygen atoms in total. The number of nitrogens with zero attached hydrogens (tertiary/aromatic N) is 6. The van der Waals surface area contributed by atoms with Crippen molar-refractivity contribution >= 4 is 23.5 Å². The summed E-state index contributed by atoms with van der Waals surface area (Å²) in [5.41, 5.74) is 4.74. The van der Waals surface area contributed by atoms with Gasteiger partial charge in [0, 0.05) is 36.6 Å². The number of rotatable bonds is 11. The van der Waals surface area contributed by atoms with Crippen molar-refractivity contribution in [3.8, 4) is 17.3 Å². The Balaban J connectivity index is 1.14. The summed E-state index contributed by atoms with van der Waals surface area (Å²) < 4.78 is 7.40. The number of nitriles is 1. The van der Waals surface area contributed by atoms with Crippen molar-refractivity contribution in [2.24, 2.45) is 0 Å². The molecular weight excluding hydrogens is 556 g/mol. The fraction of sp³-hybridized carbons (Fsp3) is 0.333. The Hall–Kier alpha value is -5.08. The fourth-order valence-electron chi connectivity index (χ4n) is 5.08. The molecule has 4 aromatic rings. The molecule has 2 N–H and O–H groups in total. The lowest BCUT2D eigenvalue weighted by Gasteiger charge is -2.31. The second-order valence-corrected chi connectivity index (χ2v) is 10.9. The highest BCUT2D eigenvalue weighted by Crippen LogP contribution is 2.26. The van der Waals surface area contributed by atoms with Crippen LogP contribution in [0.3, 0.4) is 0 Å². The molecule has 5 rings (SSSR count). The number of aromatic nitrogens is 4. The molecule has 0 unspecified atom stereocenters. The third-order valence-electron chi connectivity index (χ3n) is 7.65. The Morgan fingerprint density at radius 1 is 1.09 bits per heavy atom. The lowest BCUT2D eigenvalue weighted by Crippen LogP contribution is -2.38. The second kappa shape index (κ2) is 14.4. The van der Waals surface area contributed by atoms with Gasteiger partial charge in [-0.05, 0) is 49.4 Å². The van der Waals surface area contributed by atoms with Crippen LogP contribution in [0.5, 0.6) is 0 Å². The Labute approximate surface area is 256 Å². The monoisotopic (exact) mass is 592 g/mol. The van der Waals surface area contributed by atoms with Crippen LogP contribution in [0.15, 0.2) is 73.2 Å². The number of hydrogen-bond acceptors (Lipinski definition) is 9. The Morgan fingerprint density at radius 3 is 2.55 bits per heavy atom. The highest BCUT2D eigenvalue weighted by molar-refractivity contribution is 5.95. The molecule has 0 aliphatic carbocycles. The van der Waals surface area contributed by atoms with Crippen LogP contribution < -0.4 is 10.6 Å². The SMILES string of the molecule is CC[C@@H](C#N)NC(=O)c1ccc(-c2nc(Nc3cnn(C4CCN(CC(=O)OCc5ccccc5)CC4)c3)ncc2C)cc1. The molecule has 226 valence electrons. The minimum absolute atomic E-state index is 0.211. The summed E-state index contributed by atoms with van der Waals surface area (Å²) in [5.74, 6) is -0.0520. The summed E-state index contributed by atoms with van der Waals surface area (Å²) in [6, 6.07) is 18.6. The van der Waals surface area contributed by atoms with E-state index in [1.54, 1.807) is 24.5 Å². The number of carbonyl (C=O) groups is 2. The van der Waals surface area contributed by atoms with Gasteiger partial charge in [-0.3, -0.25) is 19.2 Å². The van der Waals surface area contributed by atoms with E-state index in [1.165, 1.54) is 0 Å². The van der Waals surface area contributed by atoms with E-state index >= 15 is 0 Å². The number of amides is 1. The third-order valence-corrected chi connectivity index (χ3v) is 7.65. The molecule has 3 heterocycles. The first-order chi connectivity index (χ1) is 21.4. The normalized spacial score (nSPS) is 14.4. The summed E-state index contributed by atoms with van der Waals surface area (Å²) in [7, 11) is 0. The lowest BCUT2D eigenvalue weighted by atomic mass is 10.1. The van der Waals surface area contributed by atoms with Crippen molar-refractivity contribution < 1.29 is 14.3 Å². The van der Waals surface area contributed by atoms with Crippen molar-refractivity contribution in [2.75, 3.05) is 25.0 Å². The predicted octanol–water partition coefficient (Wildman–Crippen LogP) is 4.80. The van der Waals surface area contributed by atoms with Gasteiger partial charge in [0.25, 0.3) is 5.91 Å². The minimum atomic E-state index is -0.516. The largest absolute Gasteiger partial charge is 0.460 e.